The van der Waals surface area contributed by atoms with Gasteiger partial charge in [-0.05, 0) is 29.3 Å². The van der Waals surface area contributed by atoms with Crippen molar-refractivity contribution in [2.75, 3.05) is 11.9 Å². The predicted molar refractivity (Wildman–Crippen MR) is 83.4 cm³/mol. The number of rotatable bonds is 0. The van der Waals surface area contributed by atoms with Crippen molar-refractivity contribution in [1.29, 1.82) is 0 Å². The maximum atomic E-state index is 12.5. The Labute approximate surface area is 127 Å². The number of hydrogen-bond donors (Lipinski definition) is 1. The second-order valence-electron chi connectivity index (χ2n) is 5.93. The third-order valence-corrected chi connectivity index (χ3v) is 4.55. The first-order chi connectivity index (χ1) is 10.6. The number of carbonyl (C=O) groups excluding carboxylic acids is 2. The molecule has 0 saturated heterocycles. The average Bonchev–Trinajstić information content (AvgIpc) is 2.52. The number of ketones is 1. The molecule has 0 fully saturated rings. The second-order valence-corrected chi connectivity index (χ2v) is 5.93. The molecule has 4 heteroatoms. The van der Waals surface area contributed by atoms with Gasteiger partial charge in [0.2, 0.25) is 0 Å². The standard InChI is InChI=1S/C18H15NO3/c1-11-8-16(20)18(17(21)22-11)9-14-13-5-3-2-4-12(13)6-7-15(14)19-10-18/h2-8,19H,9-10H2,1H3/t18-/m0/s1. The molecule has 4 rings (SSSR count). The van der Waals surface area contributed by atoms with Crippen LogP contribution in [0, 0.1) is 5.41 Å². The van der Waals surface area contributed by atoms with E-state index in [-0.39, 0.29) is 12.3 Å². The molecule has 2 aromatic carbocycles. The minimum Gasteiger partial charge on any atom is -0.430 e. The van der Waals surface area contributed by atoms with Crippen molar-refractivity contribution in [3.8, 4) is 0 Å². The van der Waals surface area contributed by atoms with Gasteiger partial charge in [0.25, 0.3) is 0 Å². The molecule has 2 aliphatic rings. The number of benzene rings is 2. The van der Waals surface area contributed by atoms with Gasteiger partial charge < -0.3 is 10.1 Å². The number of fused-ring (bicyclic) bond motifs is 3. The molecule has 0 radical (unpaired) electrons. The molecule has 0 aliphatic carbocycles. The summed E-state index contributed by atoms with van der Waals surface area (Å²) < 4.78 is 5.24. The van der Waals surface area contributed by atoms with Crippen molar-refractivity contribution in [2.24, 2.45) is 5.41 Å². The number of anilines is 1. The summed E-state index contributed by atoms with van der Waals surface area (Å²) in [7, 11) is 0. The number of ether oxygens (including phenoxy) is 1. The topological polar surface area (TPSA) is 55.4 Å². The van der Waals surface area contributed by atoms with E-state index in [0.29, 0.717) is 12.2 Å². The van der Waals surface area contributed by atoms with Crippen LogP contribution in [0.3, 0.4) is 0 Å². The largest absolute Gasteiger partial charge is 0.430 e. The van der Waals surface area contributed by atoms with Gasteiger partial charge in [0.05, 0.1) is 0 Å². The highest BCUT2D eigenvalue weighted by Crippen LogP contribution is 2.40. The Morgan fingerprint density at radius 1 is 1.14 bits per heavy atom. The van der Waals surface area contributed by atoms with Crippen molar-refractivity contribution in [1.82, 2.24) is 0 Å². The van der Waals surface area contributed by atoms with Gasteiger partial charge in [-0.25, -0.2) is 0 Å². The van der Waals surface area contributed by atoms with E-state index in [1.165, 1.54) is 6.08 Å². The van der Waals surface area contributed by atoms with Crippen LogP contribution in [0.5, 0.6) is 0 Å². The zero-order chi connectivity index (χ0) is 15.3. The fourth-order valence-corrected chi connectivity index (χ4v) is 3.32. The molecule has 1 spiro atoms. The molecule has 0 unspecified atom stereocenters. The van der Waals surface area contributed by atoms with E-state index in [0.717, 1.165) is 22.0 Å². The van der Waals surface area contributed by atoms with Crippen LogP contribution in [-0.2, 0) is 20.7 Å². The Morgan fingerprint density at radius 2 is 1.95 bits per heavy atom. The smallest absolute Gasteiger partial charge is 0.327 e. The van der Waals surface area contributed by atoms with Crippen LogP contribution in [0.2, 0.25) is 0 Å². The summed E-state index contributed by atoms with van der Waals surface area (Å²) in [6.45, 7) is 1.90. The summed E-state index contributed by atoms with van der Waals surface area (Å²) in [5.41, 5.74) is 0.843. The van der Waals surface area contributed by atoms with E-state index < -0.39 is 11.4 Å². The lowest BCUT2D eigenvalue weighted by atomic mass is 9.73. The number of allylic oxidation sites excluding steroid dienone is 2. The van der Waals surface area contributed by atoms with Gasteiger partial charge in [0.15, 0.2) is 11.2 Å². The lowest BCUT2D eigenvalue weighted by Gasteiger charge is -2.37. The number of nitrogens with one attached hydrogen (secondary N) is 1. The Bertz CT molecular complexity index is 853. The van der Waals surface area contributed by atoms with Gasteiger partial charge in [-0.1, -0.05) is 30.3 Å². The maximum Gasteiger partial charge on any atom is 0.327 e. The van der Waals surface area contributed by atoms with Gasteiger partial charge in [-0.2, -0.15) is 0 Å². The Kier molecular flexibility index (Phi) is 2.64. The summed E-state index contributed by atoms with van der Waals surface area (Å²) >= 11 is 0. The summed E-state index contributed by atoms with van der Waals surface area (Å²) in [6, 6.07) is 12.0. The first-order valence-electron chi connectivity index (χ1n) is 7.30. The highest BCUT2D eigenvalue weighted by molar-refractivity contribution is 6.13. The molecule has 2 aliphatic heterocycles. The van der Waals surface area contributed by atoms with Crippen LogP contribution in [0.25, 0.3) is 10.8 Å². The molecule has 0 aromatic heterocycles. The summed E-state index contributed by atoms with van der Waals surface area (Å²) in [5, 5.41) is 5.41. The zero-order valence-corrected chi connectivity index (χ0v) is 12.2. The fourth-order valence-electron chi connectivity index (χ4n) is 3.32. The van der Waals surface area contributed by atoms with Crippen LogP contribution < -0.4 is 5.32 Å². The molecule has 0 amide bonds. The van der Waals surface area contributed by atoms with E-state index >= 15 is 0 Å². The highest BCUT2D eigenvalue weighted by atomic mass is 16.5. The monoisotopic (exact) mass is 293 g/mol. The second kappa shape index (κ2) is 4.44. The molecular formula is C18H15NO3. The summed E-state index contributed by atoms with van der Waals surface area (Å²) in [4.78, 5) is 24.9. The average molecular weight is 293 g/mol. The van der Waals surface area contributed by atoms with Gasteiger partial charge in [-0.15, -0.1) is 0 Å². The van der Waals surface area contributed by atoms with E-state index in [1.54, 1.807) is 6.92 Å². The van der Waals surface area contributed by atoms with Crippen LogP contribution in [0.15, 0.2) is 48.2 Å². The summed E-state index contributed by atoms with van der Waals surface area (Å²) in [5.74, 6) is -0.264. The molecule has 110 valence electrons. The highest BCUT2D eigenvalue weighted by Gasteiger charge is 2.51. The fraction of sp³-hybridized carbons (Fsp3) is 0.222. The Balaban J connectivity index is 1.89. The lowest BCUT2D eigenvalue weighted by Crippen LogP contribution is -2.51. The number of carbonyl (C=O) groups is 2. The normalized spacial score (nSPS) is 23.8. The van der Waals surface area contributed by atoms with Gasteiger partial charge in [-0.3, -0.25) is 9.59 Å². The molecule has 1 N–H and O–H groups in total. The first-order valence-corrected chi connectivity index (χ1v) is 7.30. The van der Waals surface area contributed by atoms with E-state index in [1.807, 2.05) is 36.4 Å². The molecule has 4 nitrogen and oxygen atoms in total. The third kappa shape index (κ3) is 1.70. The quantitative estimate of drug-likeness (QED) is 0.599. The molecule has 0 bridgehead atoms. The number of hydrogen-bond acceptors (Lipinski definition) is 4. The van der Waals surface area contributed by atoms with Gasteiger partial charge in [0, 0.05) is 24.7 Å². The first kappa shape index (κ1) is 13.1. The van der Waals surface area contributed by atoms with Crippen LogP contribution in [0.1, 0.15) is 12.5 Å². The van der Waals surface area contributed by atoms with Crippen LogP contribution >= 0.6 is 0 Å². The molecule has 2 aromatic rings. The lowest BCUT2D eigenvalue weighted by molar-refractivity contribution is -0.157. The minimum absolute atomic E-state index is 0.174. The Morgan fingerprint density at radius 3 is 2.77 bits per heavy atom. The molecule has 22 heavy (non-hydrogen) atoms. The number of cyclic esters (lactones) is 1. The molecule has 2 heterocycles. The molecule has 1 atom stereocenters. The number of esters is 1. The zero-order valence-electron chi connectivity index (χ0n) is 12.2. The predicted octanol–water partition coefficient (Wildman–Crippen LogP) is 2.82. The Hall–Kier alpha value is -2.62. The minimum atomic E-state index is -1.14. The van der Waals surface area contributed by atoms with Crippen molar-refractivity contribution in [3.05, 3.63) is 53.8 Å². The van der Waals surface area contributed by atoms with Crippen molar-refractivity contribution in [2.45, 2.75) is 13.3 Å². The van der Waals surface area contributed by atoms with E-state index in [4.69, 9.17) is 4.74 Å². The van der Waals surface area contributed by atoms with Gasteiger partial charge in [0.1, 0.15) is 5.76 Å². The van der Waals surface area contributed by atoms with Gasteiger partial charge >= 0.3 is 5.97 Å². The molecular weight excluding hydrogens is 278 g/mol. The van der Waals surface area contributed by atoms with Crippen molar-refractivity contribution < 1.29 is 14.3 Å². The maximum absolute atomic E-state index is 12.5. The van der Waals surface area contributed by atoms with Crippen molar-refractivity contribution >= 4 is 28.2 Å². The van der Waals surface area contributed by atoms with Crippen molar-refractivity contribution in [3.63, 3.8) is 0 Å². The van der Waals surface area contributed by atoms with Crippen LogP contribution in [0.4, 0.5) is 5.69 Å². The SMILES string of the molecule is CC1=CC(=O)[C@]2(CNc3ccc4ccccc4c3C2)C(=O)O1. The van der Waals surface area contributed by atoms with E-state index in [9.17, 15) is 9.59 Å². The summed E-state index contributed by atoms with van der Waals surface area (Å²) in [6.07, 6.45) is 1.80. The van der Waals surface area contributed by atoms with Crippen LogP contribution in [-0.4, -0.2) is 18.3 Å². The molecule has 0 saturated carbocycles. The van der Waals surface area contributed by atoms with E-state index in [2.05, 4.69) is 5.32 Å². The third-order valence-electron chi connectivity index (χ3n) is 4.55.